The Kier molecular flexibility index (Phi) is 7.21. The number of hydrogen-bond acceptors (Lipinski definition) is 4. The van der Waals surface area contributed by atoms with Crippen molar-refractivity contribution < 1.29 is 19.1 Å². The molecule has 0 heterocycles. The summed E-state index contributed by atoms with van der Waals surface area (Å²) in [5.41, 5.74) is 2.92. The number of amides is 1. The Morgan fingerprint density at radius 3 is 2.42 bits per heavy atom. The maximum Gasteiger partial charge on any atom is 0.309 e. The lowest BCUT2D eigenvalue weighted by Gasteiger charge is -2.13. The van der Waals surface area contributed by atoms with Crippen molar-refractivity contribution in [2.24, 2.45) is 0 Å². The molecule has 0 aliphatic rings. The van der Waals surface area contributed by atoms with Crippen molar-refractivity contribution in [1.82, 2.24) is 0 Å². The fourth-order valence-corrected chi connectivity index (χ4v) is 2.41. The van der Waals surface area contributed by atoms with Crippen LogP contribution in [0.3, 0.4) is 0 Å². The number of carbonyl (C=O) groups excluding carboxylic acids is 2. The second-order valence-electron chi connectivity index (χ2n) is 6.36. The summed E-state index contributed by atoms with van der Waals surface area (Å²) in [7, 11) is 0. The van der Waals surface area contributed by atoms with Crippen LogP contribution >= 0.6 is 0 Å². The second kappa shape index (κ2) is 9.61. The highest BCUT2D eigenvalue weighted by Gasteiger charge is 2.11. The molecule has 138 valence electrons. The van der Waals surface area contributed by atoms with Crippen molar-refractivity contribution in [2.75, 3.05) is 18.5 Å². The molecule has 0 fully saturated rings. The lowest BCUT2D eigenvalue weighted by molar-refractivity contribution is -0.147. The van der Waals surface area contributed by atoms with E-state index in [1.165, 1.54) is 0 Å². The Hall–Kier alpha value is -2.82. The van der Waals surface area contributed by atoms with Crippen molar-refractivity contribution in [2.45, 2.75) is 33.1 Å². The van der Waals surface area contributed by atoms with E-state index in [-0.39, 0.29) is 31.5 Å². The zero-order valence-corrected chi connectivity index (χ0v) is 15.5. The first kappa shape index (κ1) is 19.5. The highest BCUT2D eigenvalue weighted by molar-refractivity contribution is 5.93. The van der Waals surface area contributed by atoms with Crippen LogP contribution in [-0.4, -0.2) is 25.1 Å². The van der Waals surface area contributed by atoms with Crippen LogP contribution < -0.4 is 10.1 Å². The average molecular weight is 355 g/mol. The molecular formula is C21H25NO4. The molecule has 2 rings (SSSR count). The van der Waals surface area contributed by atoms with Gasteiger partial charge in [-0.2, -0.15) is 0 Å². The van der Waals surface area contributed by atoms with Crippen LogP contribution in [0.25, 0.3) is 0 Å². The van der Waals surface area contributed by atoms with Crippen molar-refractivity contribution in [3.8, 4) is 5.75 Å². The second-order valence-corrected chi connectivity index (χ2v) is 6.36. The van der Waals surface area contributed by atoms with E-state index < -0.39 is 5.97 Å². The molecule has 0 bridgehead atoms. The van der Waals surface area contributed by atoms with Gasteiger partial charge in [0.05, 0.1) is 13.0 Å². The molecule has 0 radical (unpaired) electrons. The van der Waals surface area contributed by atoms with Crippen LogP contribution in [0.5, 0.6) is 5.75 Å². The molecule has 5 nitrogen and oxygen atoms in total. The van der Waals surface area contributed by atoms with E-state index in [4.69, 9.17) is 9.47 Å². The molecule has 26 heavy (non-hydrogen) atoms. The zero-order valence-electron chi connectivity index (χ0n) is 15.5. The third-order valence-electron chi connectivity index (χ3n) is 3.82. The number of anilines is 1. The zero-order chi connectivity index (χ0) is 18.9. The van der Waals surface area contributed by atoms with Crippen LogP contribution in [0, 0.1) is 6.92 Å². The minimum Gasteiger partial charge on any atom is -0.493 e. The van der Waals surface area contributed by atoms with Crippen LogP contribution in [-0.2, 0) is 14.3 Å². The van der Waals surface area contributed by atoms with Gasteiger partial charge in [-0.1, -0.05) is 49.7 Å². The predicted octanol–water partition coefficient (Wildman–Crippen LogP) is 4.07. The van der Waals surface area contributed by atoms with E-state index >= 15 is 0 Å². The van der Waals surface area contributed by atoms with Gasteiger partial charge < -0.3 is 14.8 Å². The number of esters is 1. The van der Waals surface area contributed by atoms with Gasteiger partial charge in [-0.25, -0.2) is 0 Å². The van der Waals surface area contributed by atoms with Crippen molar-refractivity contribution in [1.29, 1.82) is 0 Å². The summed E-state index contributed by atoms with van der Waals surface area (Å²) in [5.74, 6) is 0.162. The van der Waals surface area contributed by atoms with E-state index in [9.17, 15) is 9.59 Å². The third kappa shape index (κ3) is 6.24. The van der Waals surface area contributed by atoms with Gasteiger partial charge >= 0.3 is 5.97 Å². The fourth-order valence-electron chi connectivity index (χ4n) is 2.41. The SMILES string of the molecule is Cc1ccc(OCCC(=O)OCC(=O)Nc2ccccc2C(C)C)cc1. The van der Waals surface area contributed by atoms with Gasteiger partial charge in [0.1, 0.15) is 5.75 Å². The van der Waals surface area contributed by atoms with Gasteiger partial charge in [0.15, 0.2) is 6.61 Å². The van der Waals surface area contributed by atoms with E-state index in [0.717, 1.165) is 16.8 Å². The Morgan fingerprint density at radius 2 is 1.73 bits per heavy atom. The first-order chi connectivity index (χ1) is 12.5. The average Bonchev–Trinajstić information content (AvgIpc) is 2.62. The van der Waals surface area contributed by atoms with Crippen LogP contribution in [0.4, 0.5) is 5.69 Å². The number of ether oxygens (including phenoxy) is 2. The Morgan fingerprint density at radius 1 is 1.04 bits per heavy atom. The summed E-state index contributed by atoms with van der Waals surface area (Å²) in [6, 6.07) is 15.2. The van der Waals surface area contributed by atoms with Gasteiger partial charge in [-0.15, -0.1) is 0 Å². The smallest absolute Gasteiger partial charge is 0.309 e. The molecule has 0 aromatic heterocycles. The molecule has 5 heteroatoms. The van der Waals surface area contributed by atoms with Gasteiger partial charge in [0, 0.05) is 5.69 Å². The standard InChI is InChI=1S/C21H25NO4/c1-15(2)18-6-4-5-7-19(18)22-20(23)14-26-21(24)12-13-25-17-10-8-16(3)9-11-17/h4-11,15H,12-14H2,1-3H3,(H,22,23). The van der Waals surface area contributed by atoms with Crippen molar-refractivity contribution in [3.63, 3.8) is 0 Å². The molecule has 0 aliphatic heterocycles. The fraction of sp³-hybridized carbons (Fsp3) is 0.333. The molecular weight excluding hydrogens is 330 g/mol. The molecule has 0 saturated heterocycles. The van der Waals surface area contributed by atoms with Crippen molar-refractivity contribution >= 4 is 17.6 Å². The normalized spacial score (nSPS) is 10.5. The topological polar surface area (TPSA) is 64.6 Å². The highest BCUT2D eigenvalue weighted by Crippen LogP contribution is 2.23. The predicted molar refractivity (Wildman–Crippen MR) is 101 cm³/mol. The molecule has 1 N–H and O–H groups in total. The molecule has 0 aliphatic carbocycles. The lowest BCUT2D eigenvalue weighted by Crippen LogP contribution is -2.22. The van der Waals surface area contributed by atoms with Gasteiger partial charge in [-0.3, -0.25) is 9.59 Å². The molecule has 2 aromatic carbocycles. The number of aryl methyl sites for hydroxylation is 1. The third-order valence-corrected chi connectivity index (χ3v) is 3.82. The monoisotopic (exact) mass is 355 g/mol. The summed E-state index contributed by atoms with van der Waals surface area (Å²) in [6.45, 7) is 6.00. The largest absolute Gasteiger partial charge is 0.493 e. The summed E-state index contributed by atoms with van der Waals surface area (Å²) in [4.78, 5) is 23.7. The molecule has 2 aromatic rings. The van der Waals surface area contributed by atoms with E-state index in [1.807, 2.05) is 55.5 Å². The lowest BCUT2D eigenvalue weighted by atomic mass is 10.0. The summed E-state index contributed by atoms with van der Waals surface area (Å²) < 4.78 is 10.5. The number of para-hydroxylation sites is 1. The Bertz CT molecular complexity index is 738. The van der Waals surface area contributed by atoms with Gasteiger partial charge in [-0.05, 0) is 36.6 Å². The van der Waals surface area contributed by atoms with Crippen LogP contribution in [0.2, 0.25) is 0 Å². The van der Waals surface area contributed by atoms with Crippen molar-refractivity contribution in [3.05, 3.63) is 59.7 Å². The molecule has 0 spiro atoms. The van der Waals surface area contributed by atoms with E-state index in [1.54, 1.807) is 0 Å². The first-order valence-electron chi connectivity index (χ1n) is 8.69. The number of nitrogens with one attached hydrogen (secondary N) is 1. The molecule has 0 saturated carbocycles. The van der Waals surface area contributed by atoms with E-state index in [2.05, 4.69) is 19.2 Å². The van der Waals surface area contributed by atoms with Crippen LogP contribution in [0.1, 0.15) is 37.3 Å². The summed E-state index contributed by atoms with van der Waals surface area (Å²) in [6.07, 6.45) is 0.0870. The molecule has 0 atom stereocenters. The van der Waals surface area contributed by atoms with Gasteiger partial charge in [0.25, 0.3) is 5.91 Å². The minimum atomic E-state index is -0.468. The number of hydrogen-bond donors (Lipinski definition) is 1. The highest BCUT2D eigenvalue weighted by atomic mass is 16.5. The minimum absolute atomic E-state index is 0.0870. The maximum atomic E-state index is 12.0. The number of rotatable bonds is 8. The van der Waals surface area contributed by atoms with Gasteiger partial charge in [0.2, 0.25) is 0 Å². The summed E-state index contributed by atoms with van der Waals surface area (Å²) in [5, 5.41) is 2.79. The summed E-state index contributed by atoms with van der Waals surface area (Å²) >= 11 is 0. The Labute approximate surface area is 154 Å². The number of carbonyl (C=O) groups is 2. The number of benzene rings is 2. The molecule has 0 unspecified atom stereocenters. The first-order valence-corrected chi connectivity index (χ1v) is 8.69. The quantitative estimate of drug-likeness (QED) is 0.725. The maximum absolute atomic E-state index is 12.0. The van der Waals surface area contributed by atoms with Crippen LogP contribution in [0.15, 0.2) is 48.5 Å². The van der Waals surface area contributed by atoms with E-state index in [0.29, 0.717) is 5.75 Å². The molecule has 1 amide bonds. The Balaban J connectivity index is 1.71.